The smallest absolute Gasteiger partial charge is 0.241 e. The Balaban J connectivity index is 2.18. The van der Waals surface area contributed by atoms with Crippen molar-refractivity contribution in [2.24, 2.45) is 5.73 Å². The van der Waals surface area contributed by atoms with Crippen LogP contribution in [0.2, 0.25) is 0 Å². The van der Waals surface area contributed by atoms with Crippen LogP contribution < -0.4 is 11.1 Å². The first-order valence-corrected chi connectivity index (χ1v) is 14.3. The number of amides is 1. The average Bonchev–Trinajstić information content (AvgIpc) is 2.83. The first-order chi connectivity index (χ1) is 17.1. The predicted octanol–water partition coefficient (Wildman–Crippen LogP) is 3.62. The zero-order valence-electron chi connectivity index (χ0n) is 21.5. The maximum Gasteiger partial charge on any atom is 0.241 e. The number of nitrogens with one attached hydrogen (secondary N) is 1. The van der Waals surface area contributed by atoms with Crippen molar-refractivity contribution in [3.05, 3.63) is 70.8 Å². The lowest BCUT2D eigenvalue weighted by Crippen LogP contribution is -2.49. The van der Waals surface area contributed by atoms with Crippen LogP contribution in [0.3, 0.4) is 0 Å². The summed E-state index contributed by atoms with van der Waals surface area (Å²) >= 11 is 0. The molecule has 0 spiro atoms. The zero-order valence-corrected chi connectivity index (χ0v) is 22.3. The van der Waals surface area contributed by atoms with Crippen molar-refractivity contribution < 1.29 is 22.0 Å². The van der Waals surface area contributed by atoms with E-state index in [-0.39, 0.29) is 30.4 Å². The van der Waals surface area contributed by atoms with Crippen molar-refractivity contribution in [3.63, 3.8) is 0 Å². The number of hydrogen-bond acceptors (Lipinski definition) is 5. The molecule has 0 aliphatic carbocycles. The third-order valence-corrected chi connectivity index (χ3v) is 7.90. The van der Waals surface area contributed by atoms with Gasteiger partial charge in [-0.3, -0.25) is 4.79 Å². The maximum atomic E-state index is 13.6. The summed E-state index contributed by atoms with van der Waals surface area (Å²) in [5.41, 5.74) is 8.79. The number of likely N-dealkylation sites (N-methyl/N-ethyl adjacent to an activating group) is 1. The van der Waals surface area contributed by atoms with E-state index < -0.39 is 33.6 Å². The van der Waals surface area contributed by atoms with Gasteiger partial charge in [-0.1, -0.05) is 44.5 Å². The Kier molecular flexibility index (Phi) is 11.9. The molecular formula is C27H39F2N3O3S. The van der Waals surface area contributed by atoms with Crippen molar-refractivity contribution in [1.29, 1.82) is 0 Å². The standard InChI is InChI=1S/C27H39F2N3O3S/c1-4-6-12-36(34,35)19-26(31-3)27(33)32(18-21-9-7-8-20(5-2)13-21)11-10-25(30)16-22-14-23(28)17-24(29)15-22/h7-9,13-15,17,25-26,31H,4-6,10-12,16,18-19,30H2,1-3H3/t25-,26?/m1/s1. The molecule has 0 heterocycles. The summed E-state index contributed by atoms with van der Waals surface area (Å²) in [4.78, 5) is 15.1. The lowest BCUT2D eigenvalue weighted by molar-refractivity contribution is -0.133. The van der Waals surface area contributed by atoms with Gasteiger partial charge in [-0.2, -0.15) is 0 Å². The first kappa shape index (κ1) is 29.9. The molecule has 6 nitrogen and oxygen atoms in total. The van der Waals surface area contributed by atoms with Gasteiger partial charge in [0.15, 0.2) is 9.84 Å². The fourth-order valence-corrected chi connectivity index (χ4v) is 5.80. The molecule has 0 saturated carbocycles. The largest absolute Gasteiger partial charge is 0.337 e. The number of sulfone groups is 1. The molecule has 0 fully saturated rings. The molecule has 2 rings (SSSR count). The highest BCUT2D eigenvalue weighted by Crippen LogP contribution is 2.15. The number of aryl methyl sites for hydroxylation is 1. The van der Waals surface area contributed by atoms with Gasteiger partial charge in [0, 0.05) is 25.2 Å². The molecule has 0 bridgehead atoms. The van der Waals surface area contributed by atoms with Gasteiger partial charge in [-0.05, 0) is 61.6 Å². The topological polar surface area (TPSA) is 92.5 Å². The third-order valence-electron chi connectivity index (χ3n) is 6.15. The van der Waals surface area contributed by atoms with E-state index in [0.29, 0.717) is 24.9 Å². The number of rotatable bonds is 15. The summed E-state index contributed by atoms with van der Waals surface area (Å²) in [6.45, 7) is 4.56. The lowest BCUT2D eigenvalue weighted by Gasteiger charge is -2.28. The minimum Gasteiger partial charge on any atom is -0.337 e. The van der Waals surface area contributed by atoms with Crippen LogP contribution in [-0.2, 0) is 34.0 Å². The minimum absolute atomic E-state index is 0.0442. The number of benzene rings is 2. The summed E-state index contributed by atoms with van der Waals surface area (Å²) in [6.07, 6.45) is 2.80. The highest BCUT2D eigenvalue weighted by molar-refractivity contribution is 7.91. The van der Waals surface area contributed by atoms with E-state index in [1.165, 1.54) is 12.1 Å². The minimum atomic E-state index is -3.40. The molecule has 36 heavy (non-hydrogen) atoms. The van der Waals surface area contributed by atoms with Gasteiger partial charge in [0.25, 0.3) is 0 Å². The Bertz CT molecular complexity index is 1080. The summed E-state index contributed by atoms with van der Waals surface area (Å²) in [7, 11) is -1.82. The van der Waals surface area contributed by atoms with Crippen LogP contribution in [0, 0.1) is 11.6 Å². The molecule has 3 N–H and O–H groups in total. The Hall–Kier alpha value is -2.36. The van der Waals surface area contributed by atoms with Gasteiger partial charge >= 0.3 is 0 Å². The molecule has 2 atom stereocenters. The van der Waals surface area contributed by atoms with Gasteiger partial charge in [-0.25, -0.2) is 17.2 Å². The van der Waals surface area contributed by atoms with E-state index in [4.69, 9.17) is 5.73 Å². The van der Waals surface area contributed by atoms with Crippen molar-refractivity contribution in [3.8, 4) is 0 Å². The second-order valence-electron chi connectivity index (χ2n) is 9.27. The van der Waals surface area contributed by atoms with Gasteiger partial charge in [-0.15, -0.1) is 0 Å². The number of hydrogen-bond donors (Lipinski definition) is 2. The summed E-state index contributed by atoms with van der Waals surface area (Å²) in [5, 5.41) is 2.88. The molecule has 1 amide bonds. The number of carbonyl (C=O) groups is 1. The fraction of sp³-hybridized carbons (Fsp3) is 0.519. The van der Waals surface area contributed by atoms with E-state index in [9.17, 15) is 22.0 Å². The SMILES string of the molecule is CCCCS(=O)(=O)CC(NC)C(=O)N(CC[C@@H](N)Cc1cc(F)cc(F)c1)Cc1cccc(CC)c1. The van der Waals surface area contributed by atoms with Crippen molar-refractivity contribution in [2.75, 3.05) is 25.1 Å². The first-order valence-electron chi connectivity index (χ1n) is 12.5. The number of unbranched alkanes of at least 4 members (excludes halogenated alkanes) is 1. The van der Waals surface area contributed by atoms with Crippen LogP contribution >= 0.6 is 0 Å². The average molecular weight is 524 g/mol. The Morgan fingerprint density at radius 1 is 1.06 bits per heavy atom. The third kappa shape index (κ3) is 9.95. The molecule has 0 aliphatic heterocycles. The molecule has 2 aromatic rings. The predicted molar refractivity (Wildman–Crippen MR) is 140 cm³/mol. The molecule has 1 unspecified atom stereocenters. The monoisotopic (exact) mass is 523 g/mol. The van der Waals surface area contributed by atoms with Crippen LogP contribution in [-0.4, -0.2) is 56.4 Å². The fourth-order valence-electron chi connectivity index (χ4n) is 4.09. The summed E-state index contributed by atoms with van der Waals surface area (Å²) in [6, 6.07) is 9.90. The van der Waals surface area contributed by atoms with Crippen molar-refractivity contribution in [2.45, 2.75) is 64.6 Å². The molecule has 0 radical (unpaired) electrons. The van der Waals surface area contributed by atoms with Gasteiger partial charge in [0.2, 0.25) is 5.91 Å². The number of nitrogens with two attached hydrogens (primary N) is 1. The van der Waals surface area contributed by atoms with E-state index in [1.807, 2.05) is 31.2 Å². The number of carbonyl (C=O) groups excluding carboxylic acids is 1. The maximum absolute atomic E-state index is 13.6. The van der Waals surface area contributed by atoms with Crippen LogP contribution in [0.5, 0.6) is 0 Å². The highest BCUT2D eigenvalue weighted by atomic mass is 32.2. The number of nitrogens with zero attached hydrogens (tertiary/aromatic N) is 1. The molecular weight excluding hydrogens is 484 g/mol. The zero-order chi connectivity index (χ0) is 26.7. The molecule has 0 saturated heterocycles. The van der Waals surface area contributed by atoms with Crippen LogP contribution in [0.25, 0.3) is 0 Å². The van der Waals surface area contributed by atoms with Crippen LogP contribution in [0.1, 0.15) is 49.8 Å². The van der Waals surface area contributed by atoms with Crippen LogP contribution in [0.4, 0.5) is 8.78 Å². The van der Waals surface area contributed by atoms with E-state index in [1.54, 1.807) is 11.9 Å². The lowest BCUT2D eigenvalue weighted by atomic mass is 10.0. The Morgan fingerprint density at radius 3 is 2.33 bits per heavy atom. The van der Waals surface area contributed by atoms with Crippen molar-refractivity contribution >= 4 is 15.7 Å². The quantitative estimate of drug-likeness (QED) is 0.372. The van der Waals surface area contributed by atoms with Gasteiger partial charge < -0.3 is 16.0 Å². The summed E-state index contributed by atoms with van der Waals surface area (Å²) < 4.78 is 52.2. The highest BCUT2D eigenvalue weighted by Gasteiger charge is 2.28. The molecule has 9 heteroatoms. The Labute approximate surface area is 214 Å². The number of halogens is 2. The van der Waals surface area contributed by atoms with Crippen molar-refractivity contribution in [1.82, 2.24) is 10.2 Å². The van der Waals surface area contributed by atoms with E-state index in [0.717, 1.165) is 30.0 Å². The van der Waals surface area contributed by atoms with E-state index >= 15 is 0 Å². The summed E-state index contributed by atoms with van der Waals surface area (Å²) in [5.74, 6) is -1.87. The second-order valence-corrected chi connectivity index (χ2v) is 11.5. The van der Waals surface area contributed by atoms with E-state index in [2.05, 4.69) is 12.2 Å². The van der Waals surface area contributed by atoms with Gasteiger partial charge in [0.1, 0.15) is 17.7 Å². The molecule has 0 aliphatic rings. The molecule has 0 aromatic heterocycles. The second kappa shape index (κ2) is 14.4. The Morgan fingerprint density at radius 2 is 1.72 bits per heavy atom. The van der Waals surface area contributed by atoms with Gasteiger partial charge in [0.05, 0.1) is 11.5 Å². The van der Waals surface area contributed by atoms with Crippen LogP contribution in [0.15, 0.2) is 42.5 Å². The molecule has 2 aromatic carbocycles. The molecule has 200 valence electrons. The normalized spacial score (nSPS) is 13.4.